The molecule has 0 aliphatic heterocycles. The molecule has 1 aromatic heterocycles. The lowest BCUT2D eigenvalue weighted by Gasteiger charge is -2.32. The molecular weight excluding hydrogens is 252 g/mol. The minimum absolute atomic E-state index is 0.568. The molecule has 5 heteroatoms. The van der Waals surface area contributed by atoms with Gasteiger partial charge in [-0.25, -0.2) is 4.98 Å². The molecule has 0 atom stereocenters. The molecule has 2 rings (SSSR count). The quantitative estimate of drug-likeness (QED) is 0.746. The Labute approximate surface area is 121 Å². The van der Waals surface area contributed by atoms with E-state index in [0.29, 0.717) is 12.5 Å². The number of aryl methyl sites for hydroxylation is 1. The molecule has 0 saturated heterocycles. The van der Waals surface area contributed by atoms with Crippen molar-refractivity contribution in [3.63, 3.8) is 0 Å². The summed E-state index contributed by atoms with van der Waals surface area (Å²) in [7, 11) is 0. The highest BCUT2D eigenvalue weighted by atomic mass is 16.3. The van der Waals surface area contributed by atoms with Crippen molar-refractivity contribution in [1.82, 2.24) is 9.97 Å². The number of hydrogen-bond acceptors (Lipinski definition) is 5. The summed E-state index contributed by atoms with van der Waals surface area (Å²) in [6.07, 6.45) is 8.09. The van der Waals surface area contributed by atoms with Gasteiger partial charge in [0.05, 0.1) is 5.60 Å². The second-order valence-electron chi connectivity index (χ2n) is 5.79. The van der Waals surface area contributed by atoms with Gasteiger partial charge in [0.25, 0.3) is 0 Å². The maximum atomic E-state index is 10.5. The molecular formula is C15H26N4O. The van der Waals surface area contributed by atoms with Gasteiger partial charge in [-0.1, -0.05) is 26.2 Å². The normalized spacial score (nSPS) is 17.8. The van der Waals surface area contributed by atoms with Crippen LogP contribution in [0.1, 0.15) is 51.0 Å². The Morgan fingerprint density at radius 1 is 1.25 bits per heavy atom. The summed E-state index contributed by atoms with van der Waals surface area (Å²) in [5.41, 5.74) is 0.429. The van der Waals surface area contributed by atoms with Crippen molar-refractivity contribution in [3.05, 3.63) is 11.8 Å². The number of nitrogens with zero attached hydrogens (tertiary/aromatic N) is 2. The van der Waals surface area contributed by atoms with Crippen LogP contribution in [0.25, 0.3) is 0 Å². The van der Waals surface area contributed by atoms with E-state index in [1.807, 2.05) is 13.1 Å². The van der Waals surface area contributed by atoms with E-state index in [9.17, 15) is 5.11 Å². The van der Waals surface area contributed by atoms with Crippen LogP contribution in [0.4, 0.5) is 11.8 Å². The van der Waals surface area contributed by atoms with Gasteiger partial charge in [-0.3, -0.25) is 0 Å². The summed E-state index contributed by atoms with van der Waals surface area (Å²) in [4.78, 5) is 8.74. The van der Waals surface area contributed by atoms with Crippen LogP contribution in [0.2, 0.25) is 0 Å². The zero-order valence-electron chi connectivity index (χ0n) is 12.6. The largest absolute Gasteiger partial charge is 0.388 e. The van der Waals surface area contributed by atoms with E-state index >= 15 is 0 Å². The van der Waals surface area contributed by atoms with Crippen molar-refractivity contribution in [2.24, 2.45) is 0 Å². The summed E-state index contributed by atoms with van der Waals surface area (Å²) in [5, 5.41) is 17.0. The van der Waals surface area contributed by atoms with Crippen molar-refractivity contribution >= 4 is 11.8 Å². The standard InChI is InChI=1S/C15H26N4O/c1-3-9-16-14-17-10-12(2)13(19-14)18-11-15(20)7-5-4-6-8-15/h10,20H,3-9,11H2,1-2H3,(H2,16,17,18,19). The average molecular weight is 278 g/mol. The highest BCUT2D eigenvalue weighted by Gasteiger charge is 2.29. The third kappa shape index (κ3) is 4.07. The first kappa shape index (κ1) is 15.0. The van der Waals surface area contributed by atoms with E-state index in [-0.39, 0.29) is 0 Å². The molecule has 1 aromatic rings. The van der Waals surface area contributed by atoms with Gasteiger partial charge in [0.15, 0.2) is 0 Å². The molecule has 1 aliphatic rings. The van der Waals surface area contributed by atoms with E-state index in [0.717, 1.165) is 50.0 Å². The Morgan fingerprint density at radius 3 is 2.70 bits per heavy atom. The first-order valence-electron chi connectivity index (χ1n) is 7.67. The van der Waals surface area contributed by atoms with Gasteiger partial charge in [0.2, 0.25) is 5.95 Å². The highest BCUT2D eigenvalue weighted by Crippen LogP contribution is 2.28. The summed E-state index contributed by atoms with van der Waals surface area (Å²) < 4.78 is 0. The maximum absolute atomic E-state index is 10.5. The molecule has 5 nitrogen and oxygen atoms in total. The van der Waals surface area contributed by atoms with Gasteiger partial charge in [-0.2, -0.15) is 4.98 Å². The Bertz CT molecular complexity index is 430. The van der Waals surface area contributed by atoms with E-state index in [2.05, 4.69) is 27.5 Å². The number of hydrogen-bond donors (Lipinski definition) is 3. The van der Waals surface area contributed by atoms with E-state index in [1.54, 1.807) is 0 Å². The third-order valence-corrected chi connectivity index (χ3v) is 3.87. The molecule has 3 N–H and O–H groups in total. The second-order valence-corrected chi connectivity index (χ2v) is 5.79. The van der Waals surface area contributed by atoms with Gasteiger partial charge in [0, 0.05) is 24.8 Å². The number of anilines is 2. The maximum Gasteiger partial charge on any atom is 0.224 e. The fraction of sp³-hybridized carbons (Fsp3) is 0.733. The molecule has 1 saturated carbocycles. The van der Waals surface area contributed by atoms with Crippen LogP contribution >= 0.6 is 0 Å². The summed E-state index contributed by atoms with van der Waals surface area (Å²) in [6.45, 7) is 5.53. The molecule has 20 heavy (non-hydrogen) atoms. The molecule has 112 valence electrons. The summed E-state index contributed by atoms with van der Waals surface area (Å²) >= 11 is 0. The Kier molecular flexibility index (Phi) is 5.17. The molecule has 1 fully saturated rings. The molecule has 0 spiro atoms. The SMILES string of the molecule is CCCNc1ncc(C)c(NCC2(O)CCCCC2)n1. The first-order chi connectivity index (χ1) is 9.63. The lowest BCUT2D eigenvalue weighted by atomic mass is 9.85. The smallest absolute Gasteiger partial charge is 0.224 e. The van der Waals surface area contributed by atoms with Crippen LogP contribution in [-0.4, -0.2) is 33.8 Å². The second kappa shape index (κ2) is 6.88. The first-order valence-corrected chi connectivity index (χ1v) is 7.67. The van der Waals surface area contributed by atoms with Gasteiger partial charge in [-0.15, -0.1) is 0 Å². The van der Waals surface area contributed by atoms with Gasteiger partial charge in [0.1, 0.15) is 5.82 Å². The minimum atomic E-state index is -0.577. The molecule has 1 heterocycles. The van der Waals surface area contributed by atoms with Gasteiger partial charge < -0.3 is 15.7 Å². The number of aromatic nitrogens is 2. The Hall–Kier alpha value is -1.36. The monoisotopic (exact) mass is 278 g/mol. The van der Waals surface area contributed by atoms with Crippen LogP contribution in [-0.2, 0) is 0 Å². The Balaban J connectivity index is 1.97. The number of nitrogens with one attached hydrogen (secondary N) is 2. The van der Waals surface area contributed by atoms with Gasteiger partial charge in [-0.05, 0) is 26.2 Å². The topological polar surface area (TPSA) is 70.1 Å². The summed E-state index contributed by atoms with van der Waals surface area (Å²) in [5.74, 6) is 1.47. The van der Waals surface area contributed by atoms with Crippen molar-refractivity contribution in [1.29, 1.82) is 0 Å². The molecule has 0 radical (unpaired) electrons. The molecule has 0 bridgehead atoms. The summed E-state index contributed by atoms with van der Waals surface area (Å²) in [6, 6.07) is 0. The minimum Gasteiger partial charge on any atom is -0.388 e. The molecule has 0 aromatic carbocycles. The zero-order chi connectivity index (χ0) is 14.4. The predicted octanol–water partition coefficient (Wildman–Crippen LogP) is 2.71. The van der Waals surface area contributed by atoms with Crippen LogP contribution in [0.3, 0.4) is 0 Å². The number of aliphatic hydroxyl groups is 1. The fourth-order valence-electron chi connectivity index (χ4n) is 2.58. The Morgan fingerprint density at radius 2 is 2.00 bits per heavy atom. The fourth-order valence-corrected chi connectivity index (χ4v) is 2.58. The lowest BCUT2D eigenvalue weighted by molar-refractivity contribution is 0.0166. The zero-order valence-corrected chi connectivity index (χ0v) is 12.6. The van der Waals surface area contributed by atoms with E-state index < -0.39 is 5.60 Å². The van der Waals surface area contributed by atoms with Crippen LogP contribution < -0.4 is 10.6 Å². The van der Waals surface area contributed by atoms with E-state index in [4.69, 9.17) is 0 Å². The van der Waals surface area contributed by atoms with Crippen molar-refractivity contribution in [2.75, 3.05) is 23.7 Å². The predicted molar refractivity (Wildman–Crippen MR) is 82.1 cm³/mol. The third-order valence-electron chi connectivity index (χ3n) is 3.87. The lowest BCUT2D eigenvalue weighted by Crippen LogP contribution is -2.39. The highest BCUT2D eigenvalue weighted by molar-refractivity contribution is 5.46. The van der Waals surface area contributed by atoms with Crippen LogP contribution in [0.15, 0.2) is 6.20 Å². The van der Waals surface area contributed by atoms with E-state index in [1.165, 1.54) is 6.42 Å². The van der Waals surface area contributed by atoms with Crippen LogP contribution in [0.5, 0.6) is 0 Å². The number of rotatable bonds is 6. The average Bonchev–Trinajstić information content (AvgIpc) is 2.46. The van der Waals surface area contributed by atoms with Crippen molar-refractivity contribution in [3.8, 4) is 0 Å². The van der Waals surface area contributed by atoms with Crippen molar-refractivity contribution in [2.45, 2.75) is 58.0 Å². The molecule has 0 unspecified atom stereocenters. The van der Waals surface area contributed by atoms with Crippen LogP contribution in [0, 0.1) is 6.92 Å². The van der Waals surface area contributed by atoms with Gasteiger partial charge >= 0.3 is 0 Å². The molecule has 0 amide bonds. The van der Waals surface area contributed by atoms with Crippen molar-refractivity contribution < 1.29 is 5.11 Å². The molecule has 1 aliphatic carbocycles.